The minimum atomic E-state index is 0.464. The minimum Gasteiger partial charge on any atom is -0.369 e. The number of benzene rings is 1. The van der Waals surface area contributed by atoms with E-state index in [9.17, 15) is 0 Å². The lowest BCUT2D eigenvalue weighted by atomic mass is 9.67. The van der Waals surface area contributed by atoms with E-state index in [-0.39, 0.29) is 0 Å². The molecule has 0 spiro atoms. The zero-order chi connectivity index (χ0) is 12.8. The van der Waals surface area contributed by atoms with E-state index in [2.05, 4.69) is 41.6 Å². The number of nitrogen functional groups attached to an aromatic ring is 1. The van der Waals surface area contributed by atoms with Crippen LogP contribution in [0.4, 0.5) is 5.95 Å². The van der Waals surface area contributed by atoms with Crippen molar-refractivity contribution in [1.82, 2.24) is 9.55 Å². The van der Waals surface area contributed by atoms with Gasteiger partial charge in [-0.15, -0.1) is 0 Å². The second-order valence-corrected chi connectivity index (χ2v) is 5.76. The molecule has 2 N–H and O–H groups in total. The molecule has 0 atom stereocenters. The summed E-state index contributed by atoms with van der Waals surface area (Å²) >= 11 is 0. The van der Waals surface area contributed by atoms with Gasteiger partial charge in [0, 0.05) is 6.54 Å². The lowest BCUT2D eigenvalue weighted by Gasteiger charge is -2.41. The van der Waals surface area contributed by atoms with E-state index >= 15 is 0 Å². The van der Waals surface area contributed by atoms with E-state index in [1.165, 1.54) is 36.8 Å². The first-order valence-electron chi connectivity index (χ1n) is 6.86. The molecule has 0 amide bonds. The Morgan fingerprint density at radius 3 is 2.78 bits per heavy atom. The second-order valence-electron chi connectivity index (χ2n) is 5.76. The molecule has 1 saturated carbocycles. The Balaban J connectivity index is 2.05. The van der Waals surface area contributed by atoms with Crippen molar-refractivity contribution < 1.29 is 0 Å². The Morgan fingerprint density at radius 1 is 1.39 bits per heavy atom. The summed E-state index contributed by atoms with van der Waals surface area (Å²) in [5.41, 5.74) is 10.0. The number of rotatable bonds is 3. The van der Waals surface area contributed by atoms with Gasteiger partial charge in [-0.05, 0) is 49.3 Å². The Morgan fingerprint density at radius 2 is 2.17 bits per heavy atom. The SMILES string of the molecule is CCC1(Cn2c(N)nc3ccc(C)cc32)CCC1. The van der Waals surface area contributed by atoms with Crippen molar-refractivity contribution in [2.24, 2.45) is 5.41 Å². The van der Waals surface area contributed by atoms with Crippen molar-refractivity contribution >= 4 is 17.0 Å². The van der Waals surface area contributed by atoms with Crippen molar-refractivity contribution in [3.05, 3.63) is 23.8 Å². The van der Waals surface area contributed by atoms with E-state index in [1.54, 1.807) is 0 Å². The van der Waals surface area contributed by atoms with Gasteiger partial charge in [0.2, 0.25) is 5.95 Å². The number of hydrogen-bond acceptors (Lipinski definition) is 2. The lowest BCUT2D eigenvalue weighted by Crippen LogP contribution is -2.33. The molecule has 3 heteroatoms. The van der Waals surface area contributed by atoms with E-state index in [0.29, 0.717) is 11.4 Å². The summed E-state index contributed by atoms with van der Waals surface area (Å²) in [6, 6.07) is 6.36. The van der Waals surface area contributed by atoms with Gasteiger partial charge in [0.05, 0.1) is 11.0 Å². The first-order chi connectivity index (χ1) is 8.63. The van der Waals surface area contributed by atoms with Gasteiger partial charge >= 0.3 is 0 Å². The van der Waals surface area contributed by atoms with Crippen molar-refractivity contribution in [2.75, 3.05) is 5.73 Å². The fourth-order valence-electron chi connectivity index (χ4n) is 3.05. The number of fused-ring (bicyclic) bond motifs is 1. The fourth-order valence-corrected chi connectivity index (χ4v) is 3.05. The molecule has 3 rings (SSSR count). The van der Waals surface area contributed by atoms with Crippen LogP contribution in [-0.4, -0.2) is 9.55 Å². The van der Waals surface area contributed by atoms with Crippen molar-refractivity contribution in [3.63, 3.8) is 0 Å². The van der Waals surface area contributed by atoms with Crippen LogP contribution in [0.1, 0.15) is 38.2 Å². The molecule has 18 heavy (non-hydrogen) atoms. The standard InChI is InChI=1S/C15H21N3/c1-3-15(7-4-8-15)10-18-13-9-11(2)5-6-12(13)17-14(18)16/h5-6,9H,3-4,7-8,10H2,1-2H3,(H2,16,17). The second kappa shape index (κ2) is 4.01. The highest BCUT2D eigenvalue weighted by Gasteiger charge is 2.36. The zero-order valence-electron chi connectivity index (χ0n) is 11.2. The monoisotopic (exact) mass is 243 g/mol. The van der Waals surface area contributed by atoms with Crippen LogP contribution in [0.15, 0.2) is 18.2 Å². The largest absolute Gasteiger partial charge is 0.369 e. The van der Waals surface area contributed by atoms with Gasteiger partial charge in [0.15, 0.2) is 0 Å². The summed E-state index contributed by atoms with van der Waals surface area (Å²) in [6.07, 6.45) is 5.25. The first kappa shape index (κ1) is 11.6. The quantitative estimate of drug-likeness (QED) is 0.896. The van der Waals surface area contributed by atoms with Gasteiger partial charge in [-0.2, -0.15) is 0 Å². The summed E-state index contributed by atoms with van der Waals surface area (Å²) < 4.78 is 2.21. The van der Waals surface area contributed by atoms with Crippen LogP contribution in [0.2, 0.25) is 0 Å². The molecule has 2 aromatic rings. The number of hydrogen-bond donors (Lipinski definition) is 1. The van der Waals surface area contributed by atoms with Crippen LogP contribution in [0.5, 0.6) is 0 Å². The molecule has 96 valence electrons. The summed E-state index contributed by atoms with van der Waals surface area (Å²) in [5.74, 6) is 0.662. The summed E-state index contributed by atoms with van der Waals surface area (Å²) in [7, 11) is 0. The average molecular weight is 243 g/mol. The van der Waals surface area contributed by atoms with Gasteiger partial charge in [0.25, 0.3) is 0 Å². The fraction of sp³-hybridized carbons (Fsp3) is 0.533. The van der Waals surface area contributed by atoms with Crippen LogP contribution in [0.3, 0.4) is 0 Å². The Hall–Kier alpha value is -1.51. The Bertz CT molecular complexity index is 573. The molecular formula is C15H21N3. The van der Waals surface area contributed by atoms with Crippen LogP contribution in [0, 0.1) is 12.3 Å². The molecule has 3 nitrogen and oxygen atoms in total. The predicted molar refractivity (Wildman–Crippen MR) is 75.5 cm³/mol. The van der Waals surface area contributed by atoms with Gasteiger partial charge in [-0.3, -0.25) is 0 Å². The number of aryl methyl sites for hydroxylation is 1. The normalized spacial score (nSPS) is 17.9. The highest BCUT2D eigenvalue weighted by Crippen LogP contribution is 2.46. The Labute approximate surface area is 108 Å². The van der Waals surface area contributed by atoms with E-state index < -0.39 is 0 Å². The average Bonchev–Trinajstić information content (AvgIpc) is 2.60. The Kier molecular flexibility index (Phi) is 2.58. The zero-order valence-corrected chi connectivity index (χ0v) is 11.2. The van der Waals surface area contributed by atoms with Crippen molar-refractivity contribution in [1.29, 1.82) is 0 Å². The number of aromatic nitrogens is 2. The number of anilines is 1. The molecule has 0 radical (unpaired) electrons. The topological polar surface area (TPSA) is 43.8 Å². The lowest BCUT2D eigenvalue weighted by molar-refractivity contribution is 0.103. The van der Waals surface area contributed by atoms with Crippen LogP contribution >= 0.6 is 0 Å². The molecular weight excluding hydrogens is 222 g/mol. The maximum Gasteiger partial charge on any atom is 0.201 e. The molecule has 1 aromatic carbocycles. The van der Waals surface area contributed by atoms with Crippen molar-refractivity contribution in [2.45, 2.75) is 46.1 Å². The third kappa shape index (κ3) is 1.69. The van der Waals surface area contributed by atoms with E-state index in [1.807, 2.05) is 0 Å². The van der Waals surface area contributed by atoms with Crippen LogP contribution in [-0.2, 0) is 6.54 Å². The summed E-state index contributed by atoms with van der Waals surface area (Å²) in [4.78, 5) is 4.47. The smallest absolute Gasteiger partial charge is 0.201 e. The molecule has 1 aliphatic carbocycles. The molecule has 1 fully saturated rings. The van der Waals surface area contributed by atoms with Crippen LogP contribution in [0.25, 0.3) is 11.0 Å². The van der Waals surface area contributed by atoms with Gasteiger partial charge in [0.1, 0.15) is 0 Å². The first-order valence-corrected chi connectivity index (χ1v) is 6.86. The number of nitrogens with zero attached hydrogens (tertiary/aromatic N) is 2. The van der Waals surface area contributed by atoms with Crippen molar-refractivity contribution in [3.8, 4) is 0 Å². The predicted octanol–water partition coefficient (Wildman–Crippen LogP) is 3.51. The summed E-state index contributed by atoms with van der Waals surface area (Å²) in [6.45, 7) is 5.43. The molecule has 1 aromatic heterocycles. The van der Waals surface area contributed by atoms with Gasteiger partial charge < -0.3 is 10.3 Å². The maximum atomic E-state index is 6.10. The number of nitrogens with two attached hydrogens (primary N) is 1. The minimum absolute atomic E-state index is 0.464. The molecule has 0 aliphatic heterocycles. The molecule has 0 unspecified atom stereocenters. The molecule has 0 saturated heterocycles. The maximum absolute atomic E-state index is 6.10. The van der Waals surface area contributed by atoms with Crippen LogP contribution < -0.4 is 5.73 Å². The third-order valence-electron chi connectivity index (χ3n) is 4.59. The van der Waals surface area contributed by atoms with Gasteiger partial charge in [-0.25, -0.2) is 4.98 Å². The summed E-state index contributed by atoms with van der Waals surface area (Å²) in [5, 5.41) is 0. The van der Waals surface area contributed by atoms with E-state index in [4.69, 9.17) is 5.73 Å². The van der Waals surface area contributed by atoms with Gasteiger partial charge in [-0.1, -0.05) is 19.4 Å². The number of imidazole rings is 1. The molecule has 1 heterocycles. The molecule has 0 bridgehead atoms. The highest BCUT2D eigenvalue weighted by atomic mass is 15.2. The van der Waals surface area contributed by atoms with E-state index in [0.717, 1.165) is 12.1 Å². The molecule has 1 aliphatic rings. The third-order valence-corrected chi connectivity index (χ3v) is 4.59. The highest BCUT2D eigenvalue weighted by molar-refractivity contribution is 5.79.